The van der Waals surface area contributed by atoms with E-state index in [0.29, 0.717) is 10.6 Å². The molecule has 0 fully saturated rings. The largest absolute Gasteiger partial charge is 0.478 e. The Morgan fingerprint density at radius 2 is 1.15 bits per heavy atom. The van der Waals surface area contributed by atoms with Crippen LogP contribution in [0.3, 0.4) is 0 Å². The van der Waals surface area contributed by atoms with Crippen molar-refractivity contribution in [1.82, 2.24) is 0 Å². The van der Waals surface area contributed by atoms with Crippen molar-refractivity contribution in [1.29, 1.82) is 0 Å². The third-order valence-corrected chi connectivity index (χ3v) is 8.19. The van der Waals surface area contributed by atoms with E-state index in [1.165, 1.54) is 0 Å². The lowest BCUT2D eigenvalue weighted by Gasteiger charge is -2.19. The average Bonchev–Trinajstić information content (AvgIpc) is 2.77. The minimum Gasteiger partial charge on any atom is -0.478 e. The van der Waals surface area contributed by atoms with Crippen molar-refractivity contribution in [2.75, 3.05) is 4.72 Å². The summed E-state index contributed by atoms with van der Waals surface area (Å²) in [6.07, 6.45) is 2.61. The Kier molecular flexibility index (Phi) is 7.28. The average molecular weight is 466 g/mol. The van der Waals surface area contributed by atoms with Crippen molar-refractivity contribution in [3.63, 3.8) is 0 Å². The zero-order valence-corrected chi connectivity index (χ0v) is 20.6. The summed E-state index contributed by atoms with van der Waals surface area (Å²) in [5.41, 5.74) is 7.76. The highest BCUT2D eigenvalue weighted by molar-refractivity contribution is 7.92. The molecule has 0 radical (unpaired) electrons. The molecular formula is C27H31NO4S. The number of aryl methyl sites for hydroxylation is 2. The summed E-state index contributed by atoms with van der Waals surface area (Å²) in [6, 6.07) is 14.4. The van der Waals surface area contributed by atoms with Crippen LogP contribution in [0.5, 0.6) is 0 Å². The van der Waals surface area contributed by atoms with E-state index in [4.69, 9.17) is 5.11 Å². The minimum absolute atomic E-state index is 0.290. The van der Waals surface area contributed by atoms with Crippen LogP contribution in [0, 0.1) is 34.6 Å². The third-order valence-electron chi connectivity index (χ3n) is 6.54. The van der Waals surface area contributed by atoms with Crippen molar-refractivity contribution in [3.8, 4) is 0 Å². The topological polar surface area (TPSA) is 83.5 Å². The van der Waals surface area contributed by atoms with E-state index in [0.717, 1.165) is 58.2 Å². The molecule has 0 saturated carbocycles. The van der Waals surface area contributed by atoms with Gasteiger partial charge in [-0.25, -0.2) is 13.2 Å². The molecule has 3 aromatic carbocycles. The lowest BCUT2D eigenvalue weighted by molar-refractivity contribution is 0.0697. The van der Waals surface area contributed by atoms with E-state index in [2.05, 4.69) is 4.72 Å². The number of aromatic carboxylic acids is 1. The Bertz CT molecular complexity index is 1250. The van der Waals surface area contributed by atoms with Gasteiger partial charge in [-0.05, 0) is 117 Å². The predicted octanol–water partition coefficient (Wildman–Crippen LogP) is 5.90. The normalized spacial score (nSPS) is 11.4. The zero-order chi connectivity index (χ0) is 24.3. The Morgan fingerprint density at radius 3 is 1.61 bits per heavy atom. The molecule has 0 heterocycles. The van der Waals surface area contributed by atoms with Crippen molar-refractivity contribution >= 4 is 21.7 Å². The van der Waals surface area contributed by atoms with E-state index in [1.54, 1.807) is 24.3 Å². The van der Waals surface area contributed by atoms with Crippen LogP contribution in [0.25, 0.3) is 0 Å². The van der Waals surface area contributed by atoms with Gasteiger partial charge in [0.1, 0.15) is 0 Å². The number of carboxylic acid groups (broad SMARTS) is 1. The molecule has 2 N–H and O–H groups in total. The molecule has 0 aromatic heterocycles. The zero-order valence-electron chi connectivity index (χ0n) is 19.8. The van der Waals surface area contributed by atoms with Crippen LogP contribution in [0.1, 0.15) is 55.7 Å². The standard InChI is InChI=1S/C27H31NO4S/c1-17-18(2)20(4)26(21(5)19(17)3)33(31,32)28-25-15-11-23(12-16-25)8-6-7-22-9-13-24(14-10-22)27(29)30/h9-16,28H,6-8H2,1-5H3,(H,29,30). The van der Waals surface area contributed by atoms with E-state index < -0.39 is 16.0 Å². The van der Waals surface area contributed by atoms with Crippen LogP contribution in [-0.4, -0.2) is 19.5 Å². The second kappa shape index (κ2) is 9.79. The molecule has 0 aliphatic rings. The second-order valence-corrected chi connectivity index (χ2v) is 10.2. The van der Waals surface area contributed by atoms with Gasteiger partial charge in [0.2, 0.25) is 0 Å². The lowest BCUT2D eigenvalue weighted by Crippen LogP contribution is -2.17. The van der Waals surface area contributed by atoms with Gasteiger partial charge in [0.25, 0.3) is 10.0 Å². The van der Waals surface area contributed by atoms with Crippen molar-refractivity contribution in [2.45, 2.75) is 58.8 Å². The molecule has 3 rings (SSSR count). The third kappa shape index (κ3) is 5.45. The summed E-state index contributed by atoms with van der Waals surface area (Å²) < 4.78 is 29.1. The highest BCUT2D eigenvalue weighted by Gasteiger charge is 2.23. The van der Waals surface area contributed by atoms with Crippen LogP contribution < -0.4 is 4.72 Å². The maximum absolute atomic E-state index is 13.2. The molecule has 174 valence electrons. The molecule has 0 spiro atoms. The van der Waals surface area contributed by atoms with Gasteiger partial charge in [0.15, 0.2) is 0 Å². The van der Waals surface area contributed by atoms with Crippen molar-refractivity contribution in [3.05, 3.63) is 93.0 Å². The fraction of sp³-hybridized carbons (Fsp3) is 0.296. The van der Waals surface area contributed by atoms with Crippen molar-refractivity contribution in [2.24, 2.45) is 0 Å². The summed E-state index contributed by atoms with van der Waals surface area (Å²) >= 11 is 0. The number of carboxylic acids is 1. The Labute approximate surface area is 196 Å². The lowest BCUT2D eigenvalue weighted by atomic mass is 9.95. The highest BCUT2D eigenvalue weighted by atomic mass is 32.2. The van der Waals surface area contributed by atoms with Gasteiger partial charge in [-0.15, -0.1) is 0 Å². The van der Waals surface area contributed by atoms with Crippen LogP contribution in [0.15, 0.2) is 53.4 Å². The molecule has 0 aliphatic heterocycles. The maximum atomic E-state index is 13.2. The smallest absolute Gasteiger partial charge is 0.335 e. The molecule has 0 bridgehead atoms. The first-order valence-corrected chi connectivity index (χ1v) is 12.5. The first-order chi connectivity index (χ1) is 15.5. The van der Waals surface area contributed by atoms with Gasteiger partial charge in [-0.2, -0.15) is 0 Å². The van der Waals surface area contributed by atoms with Gasteiger partial charge < -0.3 is 5.11 Å². The molecule has 0 amide bonds. The SMILES string of the molecule is Cc1c(C)c(C)c(S(=O)(=O)Nc2ccc(CCCc3ccc(C(=O)O)cc3)cc2)c(C)c1C. The van der Waals surface area contributed by atoms with Gasteiger partial charge >= 0.3 is 5.97 Å². The summed E-state index contributed by atoms with van der Waals surface area (Å²) in [7, 11) is -3.70. The molecule has 5 nitrogen and oxygen atoms in total. The number of hydrogen-bond donors (Lipinski definition) is 2. The predicted molar refractivity (Wildman–Crippen MR) is 133 cm³/mol. The molecule has 3 aromatic rings. The van der Waals surface area contributed by atoms with Gasteiger partial charge in [0.05, 0.1) is 10.5 Å². The van der Waals surface area contributed by atoms with E-state index >= 15 is 0 Å². The summed E-state index contributed by atoms with van der Waals surface area (Å²) in [5.74, 6) is -0.921. The Balaban J connectivity index is 1.66. The van der Waals surface area contributed by atoms with Crippen molar-refractivity contribution < 1.29 is 18.3 Å². The number of rotatable bonds is 8. The minimum atomic E-state index is -3.70. The number of benzene rings is 3. The Hall–Kier alpha value is -3.12. The second-order valence-electron chi connectivity index (χ2n) is 8.61. The number of hydrogen-bond acceptors (Lipinski definition) is 3. The van der Waals surface area contributed by atoms with Gasteiger partial charge in [-0.3, -0.25) is 4.72 Å². The molecule has 0 aliphatic carbocycles. The van der Waals surface area contributed by atoms with E-state index in [-0.39, 0.29) is 5.56 Å². The molecule has 0 saturated heterocycles. The Morgan fingerprint density at radius 1 is 0.727 bits per heavy atom. The van der Waals surface area contributed by atoms with Gasteiger partial charge in [-0.1, -0.05) is 24.3 Å². The number of nitrogens with one attached hydrogen (secondary N) is 1. The number of carbonyl (C=O) groups is 1. The molecular weight excluding hydrogens is 434 g/mol. The van der Waals surface area contributed by atoms with E-state index in [1.807, 2.05) is 58.9 Å². The fourth-order valence-corrected chi connectivity index (χ4v) is 5.79. The number of sulfonamides is 1. The van der Waals surface area contributed by atoms with Crippen LogP contribution in [0.2, 0.25) is 0 Å². The van der Waals surface area contributed by atoms with Crippen LogP contribution >= 0.6 is 0 Å². The molecule has 6 heteroatoms. The molecule has 0 unspecified atom stereocenters. The van der Waals surface area contributed by atoms with E-state index in [9.17, 15) is 13.2 Å². The van der Waals surface area contributed by atoms with Crippen LogP contribution in [0.4, 0.5) is 5.69 Å². The quantitative estimate of drug-likeness (QED) is 0.434. The fourth-order valence-electron chi connectivity index (χ4n) is 4.12. The first kappa shape index (κ1) is 24.5. The maximum Gasteiger partial charge on any atom is 0.335 e. The molecule has 0 atom stereocenters. The summed E-state index contributed by atoms with van der Waals surface area (Å²) in [4.78, 5) is 11.3. The van der Waals surface area contributed by atoms with Crippen LogP contribution in [-0.2, 0) is 22.9 Å². The summed E-state index contributed by atoms with van der Waals surface area (Å²) in [6.45, 7) is 9.68. The monoisotopic (exact) mass is 465 g/mol. The first-order valence-electron chi connectivity index (χ1n) is 11.0. The number of anilines is 1. The van der Waals surface area contributed by atoms with Gasteiger partial charge in [0, 0.05) is 5.69 Å². The summed E-state index contributed by atoms with van der Waals surface area (Å²) in [5, 5.41) is 8.98. The highest BCUT2D eigenvalue weighted by Crippen LogP contribution is 2.30. The molecule has 33 heavy (non-hydrogen) atoms.